The number of carbonyl (C=O) groups is 2. The Hall–Kier alpha value is -2.76. The van der Waals surface area contributed by atoms with Crippen LogP contribution in [0.1, 0.15) is 29.0 Å². The van der Waals surface area contributed by atoms with Gasteiger partial charge in [-0.05, 0) is 38.0 Å². The van der Waals surface area contributed by atoms with Gasteiger partial charge in [0, 0.05) is 13.1 Å². The minimum absolute atomic E-state index is 0.135. The first-order valence-electron chi connectivity index (χ1n) is 7.65. The Labute approximate surface area is 134 Å². The largest absolute Gasteiger partial charge is 0.469 e. The van der Waals surface area contributed by atoms with Crippen LogP contribution >= 0.6 is 0 Å². The number of nitrogens with one attached hydrogen (secondary N) is 2. The normalized spacial score (nSPS) is 13.9. The second-order valence-corrected chi connectivity index (χ2v) is 5.51. The van der Waals surface area contributed by atoms with Gasteiger partial charge in [-0.1, -0.05) is 12.1 Å². The monoisotopic (exact) mass is 313 g/mol. The number of furan rings is 1. The Morgan fingerprint density at radius 3 is 2.30 bits per heavy atom. The van der Waals surface area contributed by atoms with Crippen molar-refractivity contribution in [2.75, 3.05) is 23.7 Å². The van der Waals surface area contributed by atoms with Gasteiger partial charge in [0.15, 0.2) is 0 Å². The zero-order chi connectivity index (χ0) is 16.2. The predicted molar refractivity (Wildman–Crippen MR) is 87.7 cm³/mol. The summed E-state index contributed by atoms with van der Waals surface area (Å²) in [5.74, 6) is 0.292. The maximum atomic E-state index is 12.3. The molecule has 3 rings (SSSR count). The van der Waals surface area contributed by atoms with Gasteiger partial charge in [-0.3, -0.25) is 4.79 Å². The molecule has 0 atom stereocenters. The highest BCUT2D eigenvalue weighted by molar-refractivity contribution is 6.07. The van der Waals surface area contributed by atoms with E-state index in [9.17, 15) is 9.59 Å². The van der Waals surface area contributed by atoms with E-state index in [-0.39, 0.29) is 11.9 Å². The van der Waals surface area contributed by atoms with E-state index in [4.69, 9.17) is 4.42 Å². The lowest BCUT2D eigenvalue weighted by Gasteiger charge is -2.18. The number of hydrogen-bond donors (Lipinski definition) is 2. The van der Waals surface area contributed by atoms with E-state index in [1.165, 1.54) is 6.26 Å². The molecule has 3 amide bonds. The highest BCUT2D eigenvalue weighted by atomic mass is 16.3. The van der Waals surface area contributed by atoms with Crippen LogP contribution in [0, 0.1) is 6.92 Å². The van der Waals surface area contributed by atoms with Gasteiger partial charge < -0.3 is 20.0 Å². The molecular formula is C17H19N3O3. The van der Waals surface area contributed by atoms with Crippen molar-refractivity contribution in [2.24, 2.45) is 0 Å². The quantitative estimate of drug-likeness (QED) is 0.911. The number of anilines is 2. The number of benzene rings is 1. The average molecular weight is 313 g/mol. The Kier molecular flexibility index (Phi) is 4.32. The fourth-order valence-electron chi connectivity index (χ4n) is 2.63. The van der Waals surface area contributed by atoms with Gasteiger partial charge in [-0.2, -0.15) is 0 Å². The highest BCUT2D eigenvalue weighted by Crippen LogP contribution is 2.23. The average Bonchev–Trinajstić information content (AvgIpc) is 3.20. The summed E-state index contributed by atoms with van der Waals surface area (Å²) >= 11 is 0. The first-order chi connectivity index (χ1) is 11.1. The molecule has 1 aromatic heterocycles. The fourth-order valence-corrected chi connectivity index (χ4v) is 2.63. The van der Waals surface area contributed by atoms with Crippen molar-refractivity contribution < 1.29 is 14.0 Å². The summed E-state index contributed by atoms with van der Waals surface area (Å²) < 4.78 is 5.15. The molecule has 1 aromatic carbocycles. The molecule has 1 fully saturated rings. The second-order valence-electron chi connectivity index (χ2n) is 5.51. The van der Waals surface area contributed by atoms with Gasteiger partial charge >= 0.3 is 6.03 Å². The van der Waals surface area contributed by atoms with Gasteiger partial charge in [0.05, 0.1) is 23.2 Å². The summed E-state index contributed by atoms with van der Waals surface area (Å²) in [5, 5.41) is 5.68. The summed E-state index contributed by atoms with van der Waals surface area (Å²) in [6.45, 7) is 3.28. The van der Waals surface area contributed by atoms with E-state index in [1.807, 2.05) is 12.1 Å². The van der Waals surface area contributed by atoms with Gasteiger partial charge in [0.25, 0.3) is 5.91 Å². The van der Waals surface area contributed by atoms with Crippen molar-refractivity contribution >= 4 is 23.3 Å². The van der Waals surface area contributed by atoms with Crippen LogP contribution in [0.5, 0.6) is 0 Å². The maximum Gasteiger partial charge on any atom is 0.321 e. The lowest BCUT2D eigenvalue weighted by Crippen LogP contribution is -2.32. The Morgan fingerprint density at radius 1 is 1.04 bits per heavy atom. The van der Waals surface area contributed by atoms with E-state index < -0.39 is 0 Å². The Morgan fingerprint density at radius 2 is 1.70 bits per heavy atom. The van der Waals surface area contributed by atoms with Gasteiger partial charge in [0.1, 0.15) is 5.76 Å². The summed E-state index contributed by atoms with van der Waals surface area (Å²) in [6.07, 6.45) is 3.54. The number of rotatable bonds is 3. The Bertz CT molecular complexity index is 717. The first-order valence-corrected chi connectivity index (χ1v) is 7.65. The van der Waals surface area contributed by atoms with Crippen LogP contribution in [0.25, 0.3) is 0 Å². The summed E-state index contributed by atoms with van der Waals surface area (Å²) in [5.41, 5.74) is 1.62. The molecule has 2 aromatic rings. The molecular weight excluding hydrogens is 294 g/mol. The third-order valence-electron chi connectivity index (χ3n) is 3.91. The van der Waals surface area contributed by atoms with E-state index in [0.29, 0.717) is 22.7 Å². The van der Waals surface area contributed by atoms with Crippen LogP contribution in [0.15, 0.2) is 41.0 Å². The molecule has 0 bridgehead atoms. The van der Waals surface area contributed by atoms with Gasteiger partial charge in [-0.25, -0.2) is 4.79 Å². The van der Waals surface area contributed by atoms with Crippen molar-refractivity contribution in [3.05, 3.63) is 47.9 Å². The van der Waals surface area contributed by atoms with Gasteiger partial charge in [0.2, 0.25) is 0 Å². The fraction of sp³-hybridized carbons (Fsp3) is 0.294. The predicted octanol–water partition coefficient (Wildman–Crippen LogP) is 3.47. The Balaban J connectivity index is 1.74. The SMILES string of the molecule is Cc1occc1C(=O)Nc1ccccc1NC(=O)N1CCCC1. The standard InChI is InChI=1S/C17H19N3O3/c1-12-13(8-11-23-12)16(21)18-14-6-2-3-7-15(14)19-17(22)20-9-4-5-10-20/h2-3,6-8,11H,4-5,9-10H2,1H3,(H,18,21)(H,19,22). The zero-order valence-electron chi connectivity index (χ0n) is 13.0. The third-order valence-corrected chi connectivity index (χ3v) is 3.91. The minimum Gasteiger partial charge on any atom is -0.469 e. The van der Waals surface area contributed by atoms with Crippen LogP contribution in [-0.4, -0.2) is 29.9 Å². The minimum atomic E-state index is -0.265. The van der Waals surface area contributed by atoms with Crippen LogP contribution < -0.4 is 10.6 Å². The molecule has 0 spiro atoms. The molecule has 1 aliphatic rings. The van der Waals surface area contributed by atoms with Crippen molar-refractivity contribution in [3.8, 4) is 0 Å². The van der Waals surface area contributed by atoms with E-state index in [1.54, 1.807) is 30.0 Å². The number of para-hydroxylation sites is 2. The second kappa shape index (κ2) is 6.56. The zero-order valence-corrected chi connectivity index (χ0v) is 13.0. The molecule has 1 aliphatic heterocycles. The lowest BCUT2D eigenvalue weighted by molar-refractivity contribution is 0.102. The van der Waals surface area contributed by atoms with E-state index >= 15 is 0 Å². The molecule has 23 heavy (non-hydrogen) atoms. The first kappa shape index (κ1) is 15.1. The van der Waals surface area contributed by atoms with Crippen molar-refractivity contribution in [1.82, 2.24) is 4.90 Å². The van der Waals surface area contributed by atoms with Crippen molar-refractivity contribution in [3.63, 3.8) is 0 Å². The summed E-state index contributed by atoms with van der Waals surface area (Å²) in [7, 11) is 0. The lowest BCUT2D eigenvalue weighted by atomic mass is 10.2. The number of nitrogens with zero attached hydrogens (tertiary/aromatic N) is 1. The summed E-state index contributed by atoms with van der Waals surface area (Å²) in [4.78, 5) is 26.3. The molecule has 120 valence electrons. The third kappa shape index (κ3) is 3.36. The number of urea groups is 1. The molecule has 0 unspecified atom stereocenters. The van der Waals surface area contributed by atoms with Gasteiger partial charge in [-0.15, -0.1) is 0 Å². The van der Waals surface area contributed by atoms with Crippen LogP contribution in [0.2, 0.25) is 0 Å². The van der Waals surface area contributed by atoms with Crippen LogP contribution in [0.4, 0.5) is 16.2 Å². The maximum absolute atomic E-state index is 12.3. The van der Waals surface area contributed by atoms with Crippen LogP contribution in [-0.2, 0) is 0 Å². The van der Waals surface area contributed by atoms with E-state index in [0.717, 1.165) is 25.9 Å². The van der Waals surface area contributed by atoms with E-state index in [2.05, 4.69) is 10.6 Å². The van der Waals surface area contributed by atoms with Crippen molar-refractivity contribution in [2.45, 2.75) is 19.8 Å². The molecule has 6 nitrogen and oxygen atoms in total. The number of hydrogen-bond acceptors (Lipinski definition) is 3. The highest BCUT2D eigenvalue weighted by Gasteiger charge is 2.19. The summed E-state index contributed by atoms with van der Waals surface area (Å²) in [6, 6.07) is 8.64. The number of aryl methyl sites for hydroxylation is 1. The molecule has 0 aliphatic carbocycles. The molecule has 0 saturated carbocycles. The molecule has 1 saturated heterocycles. The smallest absolute Gasteiger partial charge is 0.321 e. The number of amides is 3. The number of carbonyl (C=O) groups excluding carboxylic acids is 2. The molecule has 2 heterocycles. The number of likely N-dealkylation sites (tertiary alicyclic amines) is 1. The topological polar surface area (TPSA) is 74.6 Å². The van der Waals surface area contributed by atoms with Crippen molar-refractivity contribution in [1.29, 1.82) is 0 Å². The molecule has 2 N–H and O–H groups in total. The van der Waals surface area contributed by atoms with Crippen LogP contribution in [0.3, 0.4) is 0 Å². The molecule has 0 radical (unpaired) electrons. The molecule has 6 heteroatoms.